The summed E-state index contributed by atoms with van der Waals surface area (Å²) in [6, 6.07) is 2.74. The van der Waals surface area contributed by atoms with Crippen LogP contribution in [0.2, 0.25) is 0 Å². The van der Waals surface area contributed by atoms with Gasteiger partial charge in [-0.2, -0.15) is 0 Å². The van der Waals surface area contributed by atoms with Crippen molar-refractivity contribution < 1.29 is 28.2 Å². The number of benzene rings is 1. The van der Waals surface area contributed by atoms with E-state index >= 15 is 0 Å². The smallest absolute Gasteiger partial charge is 0.379 e. The number of ketones is 1. The highest BCUT2D eigenvalue weighted by molar-refractivity contribution is 6.41. The number of halogens is 1. The molecule has 0 radical (unpaired) electrons. The van der Waals surface area contributed by atoms with Gasteiger partial charge in [0.15, 0.2) is 11.5 Å². The summed E-state index contributed by atoms with van der Waals surface area (Å²) in [4.78, 5) is 23.8. The van der Waals surface area contributed by atoms with Crippen LogP contribution in [0.25, 0.3) is 0 Å². The topological polar surface area (TPSA) is 61.8 Å². The molecule has 1 aliphatic heterocycles. The maximum absolute atomic E-state index is 14.4. The van der Waals surface area contributed by atoms with Crippen molar-refractivity contribution in [2.75, 3.05) is 19.8 Å². The lowest BCUT2D eigenvalue weighted by Crippen LogP contribution is -2.24. The normalized spacial score (nSPS) is 13.7. The number of esters is 1. The van der Waals surface area contributed by atoms with Crippen molar-refractivity contribution in [3.8, 4) is 11.5 Å². The zero-order valence-corrected chi connectivity index (χ0v) is 12.2. The molecule has 0 saturated heterocycles. The summed E-state index contributed by atoms with van der Waals surface area (Å²) >= 11 is 0. The molecule has 0 fully saturated rings. The molecule has 0 unspecified atom stereocenters. The predicted octanol–water partition coefficient (Wildman–Crippen LogP) is 2.41. The van der Waals surface area contributed by atoms with Crippen molar-refractivity contribution >= 4 is 11.8 Å². The maximum Gasteiger partial charge on any atom is 0.379 e. The highest BCUT2D eigenvalue weighted by Gasteiger charge is 2.32. The van der Waals surface area contributed by atoms with Gasteiger partial charge in [0.1, 0.15) is 18.9 Å². The average molecular weight is 296 g/mol. The lowest BCUT2D eigenvalue weighted by atomic mass is 9.91. The minimum Gasteiger partial charge on any atom is -0.486 e. The molecule has 0 aromatic heterocycles. The number of carbonyl (C=O) groups is 2. The van der Waals surface area contributed by atoms with E-state index in [2.05, 4.69) is 4.74 Å². The standard InChI is InChI=1S/C15H17FO5/c1-4-19-14(18)13(17)9-7-11-12(21-6-5-20-11)8-10(9)15(2,3)16/h7-8H,4-6H2,1-3H3. The van der Waals surface area contributed by atoms with Crippen molar-refractivity contribution in [1.82, 2.24) is 0 Å². The summed E-state index contributed by atoms with van der Waals surface area (Å²) in [5.41, 5.74) is -1.80. The largest absolute Gasteiger partial charge is 0.486 e. The van der Waals surface area contributed by atoms with Crippen molar-refractivity contribution in [2.45, 2.75) is 26.4 Å². The van der Waals surface area contributed by atoms with Crippen LogP contribution < -0.4 is 9.47 Å². The van der Waals surface area contributed by atoms with E-state index in [1.165, 1.54) is 26.0 Å². The van der Waals surface area contributed by atoms with Crippen LogP contribution in [0, 0.1) is 0 Å². The SMILES string of the molecule is CCOC(=O)C(=O)c1cc2c(cc1C(C)(C)F)OCCO2. The third-order valence-electron chi connectivity index (χ3n) is 3.03. The van der Waals surface area contributed by atoms with Gasteiger partial charge in [-0.25, -0.2) is 9.18 Å². The van der Waals surface area contributed by atoms with Gasteiger partial charge in [-0.05, 0) is 32.9 Å². The Morgan fingerprint density at radius 3 is 2.33 bits per heavy atom. The third kappa shape index (κ3) is 3.15. The molecule has 0 aliphatic carbocycles. The first-order valence-corrected chi connectivity index (χ1v) is 6.69. The first-order valence-electron chi connectivity index (χ1n) is 6.69. The van der Waals surface area contributed by atoms with E-state index in [4.69, 9.17) is 9.47 Å². The number of ether oxygens (including phenoxy) is 3. The van der Waals surface area contributed by atoms with Crippen LogP contribution >= 0.6 is 0 Å². The second kappa shape index (κ2) is 5.71. The van der Waals surface area contributed by atoms with Gasteiger partial charge in [0.25, 0.3) is 5.78 Å². The summed E-state index contributed by atoms with van der Waals surface area (Å²) in [6.45, 7) is 4.96. The summed E-state index contributed by atoms with van der Waals surface area (Å²) in [6.07, 6.45) is 0. The van der Waals surface area contributed by atoms with E-state index in [1.807, 2.05) is 0 Å². The van der Waals surface area contributed by atoms with Gasteiger partial charge in [-0.15, -0.1) is 0 Å². The highest BCUT2D eigenvalue weighted by atomic mass is 19.1. The zero-order chi connectivity index (χ0) is 15.6. The molecule has 0 amide bonds. The molecule has 2 rings (SSSR count). The monoisotopic (exact) mass is 296 g/mol. The number of hydrogen-bond acceptors (Lipinski definition) is 5. The Bertz CT molecular complexity index is 574. The molecule has 0 saturated carbocycles. The molecular formula is C15H17FO5. The molecule has 114 valence electrons. The van der Waals surface area contributed by atoms with Crippen LogP contribution in [-0.4, -0.2) is 31.6 Å². The number of hydrogen-bond donors (Lipinski definition) is 0. The number of Topliss-reactive ketones (excluding diaryl/α,β-unsaturated/α-hetero) is 1. The van der Waals surface area contributed by atoms with Crippen molar-refractivity contribution in [3.05, 3.63) is 23.3 Å². The van der Waals surface area contributed by atoms with E-state index in [-0.39, 0.29) is 17.7 Å². The summed E-state index contributed by atoms with van der Waals surface area (Å²) in [7, 11) is 0. The Labute approximate surface area is 122 Å². The molecular weight excluding hydrogens is 279 g/mol. The molecule has 0 atom stereocenters. The summed E-state index contributed by atoms with van der Waals surface area (Å²) in [5.74, 6) is -1.22. The molecule has 0 N–H and O–H groups in total. The number of alkyl halides is 1. The quantitative estimate of drug-likeness (QED) is 0.485. The van der Waals surface area contributed by atoms with Crippen molar-refractivity contribution in [2.24, 2.45) is 0 Å². The molecule has 1 aromatic carbocycles. The fourth-order valence-corrected chi connectivity index (χ4v) is 2.08. The third-order valence-corrected chi connectivity index (χ3v) is 3.03. The fraction of sp³-hybridized carbons (Fsp3) is 0.467. The minimum absolute atomic E-state index is 0.0646. The van der Waals surface area contributed by atoms with E-state index < -0.39 is 17.4 Å². The van der Waals surface area contributed by atoms with Crippen LogP contribution in [0.15, 0.2) is 12.1 Å². The number of rotatable bonds is 4. The lowest BCUT2D eigenvalue weighted by Gasteiger charge is -2.24. The second-order valence-corrected chi connectivity index (χ2v) is 5.06. The van der Waals surface area contributed by atoms with Crippen LogP contribution in [0.4, 0.5) is 4.39 Å². The Hall–Kier alpha value is -2.11. The maximum atomic E-state index is 14.4. The van der Waals surface area contributed by atoms with Crippen LogP contribution in [0.3, 0.4) is 0 Å². The predicted molar refractivity (Wildman–Crippen MR) is 72.5 cm³/mol. The molecule has 21 heavy (non-hydrogen) atoms. The van der Waals surface area contributed by atoms with Gasteiger partial charge in [-0.1, -0.05) is 0 Å². The molecule has 1 heterocycles. The fourth-order valence-electron chi connectivity index (χ4n) is 2.08. The van der Waals surface area contributed by atoms with Gasteiger partial charge >= 0.3 is 5.97 Å². The second-order valence-electron chi connectivity index (χ2n) is 5.06. The Kier molecular flexibility index (Phi) is 4.16. The molecule has 5 nitrogen and oxygen atoms in total. The van der Waals surface area contributed by atoms with Gasteiger partial charge in [0.05, 0.1) is 6.61 Å². The van der Waals surface area contributed by atoms with Gasteiger partial charge in [0.2, 0.25) is 0 Å². The van der Waals surface area contributed by atoms with E-state index in [0.29, 0.717) is 24.7 Å². The molecule has 0 spiro atoms. The number of fused-ring (bicyclic) bond motifs is 1. The molecule has 0 bridgehead atoms. The average Bonchev–Trinajstić information content (AvgIpc) is 2.44. The summed E-state index contributed by atoms with van der Waals surface area (Å²) < 4.78 is 29.8. The molecule has 6 heteroatoms. The summed E-state index contributed by atoms with van der Waals surface area (Å²) in [5, 5.41) is 0. The first kappa shape index (κ1) is 15.3. The van der Waals surface area contributed by atoms with Crippen LogP contribution in [-0.2, 0) is 15.2 Å². The zero-order valence-electron chi connectivity index (χ0n) is 12.2. The minimum atomic E-state index is -1.81. The molecule has 1 aromatic rings. The lowest BCUT2D eigenvalue weighted by molar-refractivity contribution is -0.137. The Balaban J connectivity index is 2.52. The van der Waals surface area contributed by atoms with Crippen molar-refractivity contribution in [3.63, 3.8) is 0 Å². The van der Waals surface area contributed by atoms with Crippen LogP contribution in [0.5, 0.6) is 11.5 Å². The number of carbonyl (C=O) groups excluding carboxylic acids is 2. The van der Waals surface area contributed by atoms with Crippen molar-refractivity contribution in [1.29, 1.82) is 0 Å². The first-order chi connectivity index (χ1) is 9.84. The van der Waals surface area contributed by atoms with Crippen LogP contribution in [0.1, 0.15) is 36.7 Å². The van der Waals surface area contributed by atoms with E-state index in [9.17, 15) is 14.0 Å². The Morgan fingerprint density at radius 1 is 1.24 bits per heavy atom. The van der Waals surface area contributed by atoms with Gasteiger partial charge in [-0.3, -0.25) is 4.79 Å². The van der Waals surface area contributed by atoms with E-state index in [1.54, 1.807) is 6.92 Å². The van der Waals surface area contributed by atoms with E-state index in [0.717, 1.165) is 0 Å². The van der Waals surface area contributed by atoms with Gasteiger partial charge in [0, 0.05) is 11.1 Å². The van der Waals surface area contributed by atoms with Gasteiger partial charge < -0.3 is 14.2 Å². The molecule has 1 aliphatic rings. The Morgan fingerprint density at radius 2 is 1.81 bits per heavy atom. The highest BCUT2D eigenvalue weighted by Crippen LogP contribution is 2.38.